The Labute approximate surface area is 98.5 Å². The molecule has 0 aliphatic rings. The first-order chi connectivity index (χ1) is 7.77. The van der Waals surface area contributed by atoms with E-state index in [2.05, 4.69) is 23.1 Å². The lowest BCUT2D eigenvalue weighted by atomic mass is 10.0. The molecular weight excluding hydrogens is 198 g/mol. The van der Waals surface area contributed by atoms with Crippen molar-refractivity contribution in [3.8, 4) is 0 Å². The maximum Gasteiger partial charge on any atom is 0.0793 e. The Balaban J connectivity index is 2.29. The summed E-state index contributed by atoms with van der Waals surface area (Å²) in [5.41, 5.74) is 1.15. The summed E-state index contributed by atoms with van der Waals surface area (Å²) < 4.78 is 1.86. The topological polar surface area (TPSA) is 29.9 Å². The maximum absolute atomic E-state index is 4.43. The minimum absolute atomic E-state index is 0.393. The highest BCUT2D eigenvalue weighted by atomic mass is 15.3. The van der Waals surface area contributed by atoms with Gasteiger partial charge in [-0.25, -0.2) is 0 Å². The molecule has 1 heterocycles. The lowest BCUT2D eigenvalue weighted by molar-refractivity contribution is 0.492. The normalized spacial score (nSPS) is 12.6. The smallest absolute Gasteiger partial charge is 0.0793 e. The Bertz CT molecular complexity index is 304. The van der Waals surface area contributed by atoms with Gasteiger partial charge in [0.1, 0.15) is 0 Å². The molecule has 0 aliphatic carbocycles. The Morgan fingerprint density at radius 3 is 2.88 bits per heavy atom. The van der Waals surface area contributed by atoms with E-state index >= 15 is 0 Å². The van der Waals surface area contributed by atoms with Gasteiger partial charge >= 0.3 is 0 Å². The van der Waals surface area contributed by atoms with E-state index in [-0.39, 0.29) is 0 Å². The predicted molar refractivity (Wildman–Crippen MR) is 68.3 cm³/mol. The molecule has 3 heteroatoms. The Morgan fingerprint density at radius 1 is 1.50 bits per heavy atom. The number of nitrogens with one attached hydrogen (secondary N) is 1. The molecule has 1 atom stereocenters. The molecule has 90 valence electrons. The fourth-order valence-electron chi connectivity index (χ4n) is 1.87. The zero-order valence-electron chi connectivity index (χ0n) is 10.4. The van der Waals surface area contributed by atoms with Gasteiger partial charge in [0, 0.05) is 13.2 Å². The molecule has 1 N–H and O–H groups in total. The summed E-state index contributed by atoms with van der Waals surface area (Å²) >= 11 is 0. The highest BCUT2D eigenvalue weighted by Gasteiger charge is 2.10. The highest BCUT2D eigenvalue weighted by molar-refractivity contribution is 5.04. The number of allylic oxidation sites excluding steroid dienone is 1. The van der Waals surface area contributed by atoms with E-state index in [0.29, 0.717) is 6.04 Å². The van der Waals surface area contributed by atoms with E-state index in [1.807, 2.05) is 31.1 Å². The lowest BCUT2D eigenvalue weighted by Gasteiger charge is -2.13. The van der Waals surface area contributed by atoms with E-state index in [4.69, 9.17) is 0 Å². The zero-order chi connectivity index (χ0) is 11.8. The van der Waals surface area contributed by atoms with Crippen molar-refractivity contribution in [3.05, 3.63) is 30.6 Å². The third-order valence-electron chi connectivity index (χ3n) is 2.84. The third-order valence-corrected chi connectivity index (χ3v) is 2.84. The molecular formula is C13H23N3. The van der Waals surface area contributed by atoms with E-state index in [1.165, 1.54) is 19.3 Å². The second kappa shape index (κ2) is 7.23. The van der Waals surface area contributed by atoms with Crippen LogP contribution in [0.1, 0.15) is 43.8 Å². The average molecular weight is 221 g/mol. The molecule has 16 heavy (non-hydrogen) atoms. The molecule has 1 aromatic heterocycles. The Kier molecular flexibility index (Phi) is 5.86. The van der Waals surface area contributed by atoms with Gasteiger partial charge < -0.3 is 5.32 Å². The van der Waals surface area contributed by atoms with Gasteiger partial charge in [-0.3, -0.25) is 4.68 Å². The van der Waals surface area contributed by atoms with Crippen LogP contribution in [0.4, 0.5) is 0 Å². The van der Waals surface area contributed by atoms with Crippen molar-refractivity contribution in [2.45, 2.75) is 38.1 Å². The summed E-state index contributed by atoms with van der Waals surface area (Å²) in [6.45, 7) is 3.73. The van der Waals surface area contributed by atoms with Crippen molar-refractivity contribution in [1.29, 1.82) is 0 Å². The molecule has 0 fully saturated rings. The Hall–Kier alpha value is -1.09. The summed E-state index contributed by atoms with van der Waals surface area (Å²) in [6, 6.07) is 2.48. The molecule has 0 aromatic carbocycles. The molecule has 0 saturated heterocycles. The third kappa shape index (κ3) is 4.19. The van der Waals surface area contributed by atoms with E-state index < -0.39 is 0 Å². The summed E-state index contributed by atoms with van der Waals surface area (Å²) in [5.74, 6) is 0. The van der Waals surface area contributed by atoms with Crippen molar-refractivity contribution in [1.82, 2.24) is 15.1 Å². The molecule has 0 bridgehead atoms. The van der Waals surface area contributed by atoms with Crippen molar-refractivity contribution < 1.29 is 0 Å². The summed E-state index contributed by atoms with van der Waals surface area (Å²) in [7, 11) is 3.96. The van der Waals surface area contributed by atoms with Crippen molar-refractivity contribution in [2.75, 3.05) is 7.05 Å². The Morgan fingerprint density at radius 2 is 2.31 bits per heavy atom. The van der Waals surface area contributed by atoms with Crippen LogP contribution in [-0.2, 0) is 7.05 Å². The predicted octanol–water partition coefficient (Wildman–Crippen LogP) is 2.82. The van der Waals surface area contributed by atoms with E-state index in [1.54, 1.807) is 0 Å². The maximum atomic E-state index is 4.43. The molecule has 0 spiro atoms. The summed E-state index contributed by atoms with van der Waals surface area (Å²) in [5, 5.41) is 7.76. The number of hydrogen-bond donors (Lipinski definition) is 1. The first kappa shape index (κ1) is 13.0. The van der Waals surface area contributed by atoms with Crippen LogP contribution >= 0.6 is 0 Å². The van der Waals surface area contributed by atoms with Crippen LogP contribution < -0.4 is 5.32 Å². The number of unbranched alkanes of at least 4 members (excludes halogenated alkanes) is 3. The largest absolute Gasteiger partial charge is 0.312 e. The van der Waals surface area contributed by atoms with Crippen molar-refractivity contribution >= 4 is 0 Å². The van der Waals surface area contributed by atoms with Crippen molar-refractivity contribution in [3.63, 3.8) is 0 Å². The van der Waals surface area contributed by atoms with Crippen LogP contribution in [-0.4, -0.2) is 16.8 Å². The summed E-state index contributed by atoms with van der Waals surface area (Å²) in [6.07, 6.45) is 10.1. The number of aromatic nitrogens is 2. The summed E-state index contributed by atoms with van der Waals surface area (Å²) in [4.78, 5) is 0. The van der Waals surface area contributed by atoms with Gasteiger partial charge in [0.25, 0.3) is 0 Å². The first-order valence-corrected chi connectivity index (χ1v) is 6.05. The minimum Gasteiger partial charge on any atom is -0.312 e. The van der Waals surface area contributed by atoms with Gasteiger partial charge in [-0.2, -0.15) is 5.10 Å². The number of rotatable bonds is 8. The highest BCUT2D eigenvalue weighted by Crippen LogP contribution is 2.17. The first-order valence-electron chi connectivity index (χ1n) is 6.05. The molecule has 0 aliphatic heterocycles. The SMILES string of the molecule is C=CCCCCCC(NC)c1ccn(C)n1. The van der Waals surface area contributed by atoms with Gasteiger partial charge in [-0.1, -0.05) is 18.9 Å². The average Bonchev–Trinajstić information content (AvgIpc) is 2.70. The number of aryl methyl sites for hydroxylation is 1. The fourth-order valence-corrected chi connectivity index (χ4v) is 1.87. The van der Waals surface area contributed by atoms with E-state index in [9.17, 15) is 0 Å². The number of nitrogens with zero attached hydrogens (tertiary/aromatic N) is 2. The van der Waals surface area contributed by atoms with Crippen LogP contribution in [0.25, 0.3) is 0 Å². The molecule has 3 nitrogen and oxygen atoms in total. The number of hydrogen-bond acceptors (Lipinski definition) is 2. The van der Waals surface area contributed by atoms with Gasteiger partial charge in [0.15, 0.2) is 0 Å². The second-order valence-electron chi connectivity index (χ2n) is 4.18. The van der Waals surface area contributed by atoms with E-state index in [0.717, 1.165) is 18.5 Å². The van der Waals surface area contributed by atoms with Crippen LogP contribution in [0.5, 0.6) is 0 Å². The van der Waals surface area contributed by atoms with Crippen molar-refractivity contribution in [2.24, 2.45) is 7.05 Å². The fraction of sp³-hybridized carbons (Fsp3) is 0.615. The molecule has 1 rings (SSSR count). The second-order valence-corrected chi connectivity index (χ2v) is 4.18. The molecule has 0 amide bonds. The lowest BCUT2D eigenvalue weighted by Crippen LogP contribution is -2.17. The standard InChI is InChI=1S/C13H23N3/c1-4-5-6-7-8-9-12(14-2)13-10-11-16(3)15-13/h4,10-12,14H,1,5-9H2,2-3H3. The van der Waals surface area contributed by atoms with Gasteiger partial charge in [0.2, 0.25) is 0 Å². The molecule has 0 saturated carbocycles. The van der Waals surface area contributed by atoms with Crippen LogP contribution in [0.15, 0.2) is 24.9 Å². The van der Waals surface area contributed by atoms with Crippen LogP contribution in [0.2, 0.25) is 0 Å². The van der Waals surface area contributed by atoms with Gasteiger partial charge in [-0.15, -0.1) is 6.58 Å². The molecule has 0 radical (unpaired) electrons. The monoisotopic (exact) mass is 221 g/mol. The van der Waals surface area contributed by atoms with Gasteiger partial charge in [0.05, 0.1) is 11.7 Å². The zero-order valence-corrected chi connectivity index (χ0v) is 10.4. The minimum atomic E-state index is 0.393. The van der Waals surface area contributed by atoms with Gasteiger partial charge in [-0.05, 0) is 32.4 Å². The molecule has 1 aromatic rings. The van der Waals surface area contributed by atoms with Crippen LogP contribution in [0, 0.1) is 0 Å². The molecule has 1 unspecified atom stereocenters. The quantitative estimate of drug-likeness (QED) is 0.540. The van der Waals surface area contributed by atoms with Crippen LogP contribution in [0.3, 0.4) is 0 Å².